The van der Waals surface area contributed by atoms with Crippen molar-refractivity contribution in [1.29, 1.82) is 0 Å². The van der Waals surface area contributed by atoms with E-state index in [9.17, 15) is 0 Å². The molecule has 0 radical (unpaired) electrons. The molecule has 0 atom stereocenters. The molecule has 118 valence electrons. The van der Waals surface area contributed by atoms with Crippen molar-refractivity contribution in [2.45, 2.75) is 53.0 Å². The maximum absolute atomic E-state index is 4.69. The van der Waals surface area contributed by atoms with Crippen LogP contribution in [0.25, 0.3) is 0 Å². The molecule has 0 aromatic heterocycles. The Bertz CT molecular complexity index is 470. The molecule has 3 nitrogen and oxygen atoms in total. The van der Waals surface area contributed by atoms with Crippen molar-refractivity contribution in [3.63, 3.8) is 0 Å². The normalized spacial score (nSPS) is 14.6. The minimum Gasteiger partial charge on any atom is -0.357 e. The van der Waals surface area contributed by atoms with E-state index >= 15 is 0 Å². The third-order valence-corrected chi connectivity index (χ3v) is 3.73. The van der Waals surface area contributed by atoms with Crippen molar-refractivity contribution in [3.05, 3.63) is 34.4 Å². The quantitative estimate of drug-likeness (QED) is 0.450. The van der Waals surface area contributed by atoms with Gasteiger partial charge in [-0.25, -0.2) is 0 Å². The summed E-state index contributed by atoms with van der Waals surface area (Å²) in [5.41, 5.74) is 5.56. The molecule has 0 aliphatic heterocycles. The summed E-state index contributed by atoms with van der Waals surface area (Å²) in [6, 6.07) is 5.18. The third-order valence-electron chi connectivity index (χ3n) is 3.73. The molecule has 0 amide bonds. The highest BCUT2D eigenvalue weighted by atomic mass is 127. The monoisotopic (exact) mass is 401 g/mol. The minimum atomic E-state index is 0. The Hall–Kier alpha value is -0.780. The number of hydrogen-bond donors (Lipinski definition) is 2. The summed E-state index contributed by atoms with van der Waals surface area (Å²) >= 11 is 0. The highest BCUT2D eigenvalue weighted by Gasteiger charge is 2.21. The zero-order chi connectivity index (χ0) is 14.5. The fourth-order valence-electron chi connectivity index (χ4n) is 2.62. The van der Waals surface area contributed by atoms with Gasteiger partial charge in [-0.1, -0.05) is 17.7 Å². The number of halogens is 1. The summed E-state index contributed by atoms with van der Waals surface area (Å²) in [7, 11) is 0. The average molecular weight is 401 g/mol. The molecule has 4 heteroatoms. The molecule has 0 heterocycles. The largest absolute Gasteiger partial charge is 0.357 e. The van der Waals surface area contributed by atoms with Crippen LogP contribution >= 0.6 is 24.0 Å². The molecule has 1 aromatic carbocycles. The first-order valence-corrected chi connectivity index (χ1v) is 7.71. The molecular formula is C17H28IN3. The predicted octanol–water partition coefficient (Wildman–Crippen LogP) is 3.49. The van der Waals surface area contributed by atoms with E-state index in [1.165, 1.54) is 35.1 Å². The number of aryl methyl sites for hydroxylation is 3. The van der Waals surface area contributed by atoms with Crippen LogP contribution in [0.4, 0.5) is 0 Å². The molecule has 1 aliphatic carbocycles. The zero-order valence-corrected chi connectivity index (χ0v) is 16.0. The molecular weight excluding hydrogens is 373 g/mol. The standard InChI is InChI=1S/C17H27N3.HI/c1-5-18-17(20-15-6-7-15)19-9-8-16-13(3)10-12(2)11-14(16)4;/h10-11,15H,5-9H2,1-4H3,(H2,18,19,20);1H. The van der Waals surface area contributed by atoms with Gasteiger partial charge in [0.2, 0.25) is 0 Å². The first-order chi connectivity index (χ1) is 9.60. The second-order valence-electron chi connectivity index (χ2n) is 5.81. The van der Waals surface area contributed by atoms with Gasteiger partial charge in [0.15, 0.2) is 5.96 Å². The Balaban J connectivity index is 0.00000220. The Kier molecular flexibility index (Phi) is 7.49. The number of nitrogens with zero attached hydrogens (tertiary/aromatic N) is 1. The van der Waals surface area contributed by atoms with Crippen LogP contribution in [0, 0.1) is 20.8 Å². The number of aliphatic imine (C=N–C) groups is 1. The molecule has 2 N–H and O–H groups in total. The number of guanidine groups is 1. The van der Waals surface area contributed by atoms with Gasteiger partial charge in [0.05, 0.1) is 0 Å². The summed E-state index contributed by atoms with van der Waals surface area (Å²) in [5.74, 6) is 0.970. The first-order valence-electron chi connectivity index (χ1n) is 7.71. The second kappa shape index (κ2) is 8.61. The topological polar surface area (TPSA) is 36.4 Å². The van der Waals surface area contributed by atoms with Crippen LogP contribution in [-0.2, 0) is 6.42 Å². The van der Waals surface area contributed by atoms with Gasteiger partial charge in [0, 0.05) is 19.1 Å². The van der Waals surface area contributed by atoms with E-state index in [1.54, 1.807) is 0 Å². The first kappa shape index (κ1) is 18.3. The van der Waals surface area contributed by atoms with Crippen molar-refractivity contribution in [3.8, 4) is 0 Å². The van der Waals surface area contributed by atoms with Crippen LogP contribution in [0.1, 0.15) is 42.0 Å². The van der Waals surface area contributed by atoms with Gasteiger partial charge in [0.1, 0.15) is 0 Å². The Morgan fingerprint density at radius 2 is 1.81 bits per heavy atom. The van der Waals surface area contributed by atoms with Crippen LogP contribution in [0.5, 0.6) is 0 Å². The number of hydrogen-bond acceptors (Lipinski definition) is 1. The van der Waals surface area contributed by atoms with Crippen molar-refractivity contribution < 1.29 is 0 Å². The van der Waals surface area contributed by atoms with Crippen molar-refractivity contribution >= 4 is 29.9 Å². The van der Waals surface area contributed by atoms with Gasteiger partial charge in [0.25, 0.3) is 0 Å². The van der Waals surface area contributed by atoms with Crippen LogP contribution in [0.15, 0.2) is 17.1 Å². The van der Waals surface area contributed by atoms with E-state index in [0.29, 0.717) is 6.04 Å². The maximum Gasteiger partial charge on any atom is 0.191 e. The van der Waals surface area contributed by atoms with E-state index in [4.69, 9.17) is 0 Å². The predicted molar refractivity (Wildman–Crippen MR) is 102 cm³/mol. The third kappa shape index (κ3) is 5.85. The van der Waals surface area contributed by atoms with E-state index in [0.717, 1.165) is 25.5 Å². The van der Waals surface area contributed by atoms with Gasteiger partial charge in [-0.05, 0) is 63.6 Å². The van der Waals surface area contributed by atoms with E-state index in [-0.39, 0.29) is 24.0 Å². The molecule has 1 saturated carbocycles. The average Bonchev–Trinajstić information content (AvgIpc) is 3.16. The Morgan fingerprint density at radius 1 is 1.19 bits per heavy atom. The van der Waals surface area contributed by atoms with Crippen LogP contribution in [0.3, 0.4) is 0 Å². The molecule has 2 rings (SSSR count). The van der Waals surface area contributed by atoms with Gasteiger partial charge in [-0.15, -0.1) is 24.0 Å². The SMILES string of the molecule is CCNC(=NCCc1c(C)cc(C)cc1C)NC1CC1.I. The minimum absolute atomic E-state index is 0. The van der Waals surface area contributed by atoms with Crippen molar-refractivity contribution in [2.75, 3.05) is 13.1 Å². The molecule has 0 unspecified atom stereocenters. The summed E-state index contributed by atoms with van der Waals surface area (Å²) in [6.07, 6.45) is 3.57. The summed E-state index contributed by atoms with van der Waals surface area (Å²) in [6.45, 7) is 10.4. The highest BCUT2D eigenvalue weighted by molar-refractivity contribution is 14.0. The molecule has 21 heavy (non-hydrogen) atoms. The van der Waals surface area contributed by atoms with E-state index in [2.05, 4.69) is 55.5 Å². The van der Waals surface area contributed by atoms with Crippen molar-refractivity contribution in [1.82, 2.24) is 10.6 Å². The number of rotatable bonds is 5. The summed E-state index contributed by atoms with van der Waals surface area (Å²) < 4.78 is 0. The Morgan fingerprint density at radius 3 is 2.33 bits per heavy atom. The zero-order valence-electron chi connectivity index (χ0n) is 13.6. The summed E-state index contributed by atoms with van der Waals surface area (Å²) in [5, 5.41) is 6.77. The molecule has 1 aliphatic rings. The Labute approximate surface area is 146 Å². The molecule has 1 fully saturated rings. The smallest absolute Gasteiger partial charge is 0.191 e. The van der Waals surface area contributed by atoms with Crippen molar-refractivity contribution in [2.24, 2.45) is 4.99 Å². The molecule has 0 spiro atoms. The highest BCUT2D eigenvalue weighted by Crippen LogP contribution is 2.19. The van der Waals surface area contributed by atoms with Crippen LogP contribution < -0.4 is 10.6 Å². The lowest BCUT2D eigenvalue weighted by Gasteiger charge is -2.12. The van der Waals surface area contributed by atoms with Gasteiger partial charge in [-0.3, -0.25) is 4.99 Å². The lowest BCUT2D eigenvalue weighted by molar-refractivity contribution is 0.806. The second-order valence-corrected chi connectivity index (χ2v) is 5.81. The lowest BCUT2D eigenvalue weighted by atomic mass is 9.97. The van der Waals surface area contributed by atoms with Gasteiger partial charge < -0.3 is 10.6 Å². The fourth-order valence-corrected chi connectivity index (χ4v) is 2.62. The molecule has 0 bridgehead atoms. The number of nitrogens with one attached hydrogen (secondary N) is 2. The maximum atomic E-state index is 4.69. The van der Waals surface area contributed by atoms with Crippen LogP contribution in [-0.4, -0.2) is 25.1 Å². The fraction of sp³-hybridized carbons (Fsp3) is 0.588. The molecule has 1 aromatic rings. The van der Waals surface area contributed by atoms with Gasteiger partial charge >= 0.3 is 0 Å². The van der Waals surface area contributed by atoms with E-state index in [1.807, 2.05) is 0 Å². The summed E-state index contributed by atoms with van der Waals surface area (Å²) in [4.78, 5) is 4.69. The van der Waals surface area contributed by atoms with E-state index < -0.39 is 0 Å². The number of benzene rings is 1. The van der Waals surface area contributed by atoms with Crippen LogP contribution in [0.2, 0.25) is 0 Å². The molecule has 0 saturated heterocycles. The lowest BCUT2D eigenvalue weighted by Crippen LogP contribution is -2.38. The van der Waals surface area contributed by atoms with Gasteiger partial charge in [-0.2, -0.15) is 0 Å².